The van der Waals surface area contributed by atoms with Gasteiger partial charge >= 0.3 is 16.8 Å². The van der Waals surface area contributed by atoms with E-state index in [4.69, 9.17) is 0 Å². The van der Waals surface area contributed by atoms with Crippen LogP contribution in [0.4, 0.5) is 24.5 Å². The zero-order chi connectivity index (χ0) is 21.7. The monoisotopic (exact) mass is 455 g/mol. The molecule has 3 rings (SSSR count). The number of hydrogen-bond acceptors (Lipinski definition) is 7. The molecule has 0 aliphatic carbocycles. The van der Waals surface area contributed by atoms with Gasteiger partial charge in [0.15, 0.2) is 5.82 Å². The summed E-state index contributed by atoms with van der Waals surface area (Å²) in [6, 6.07) is 1.25. The van der Waals surface area contributed by atoms with E-state index in [1.807, 2.05) is 4.72 Å². The number of aromatic hydroxyl groups is 1. The second-order valence-corrected chi connectivity index (χ2v) is 9.03. The highest BCUT2D eigenvalue weighted by atomic mass is 32.2. The number of carbonyl (C=O) groups is 1. The number of sulfonamides is 1. The summed E-state index contributed by atoms with van der Waals surface area (Å²) in [7, 11) is -8.92. The standard InChI is InChI=1S/C13H12F3N5O6S2/c1-6-10(4-17-21(6)13(15)16)28(24,25)18-7-2-8(14)12(9(22)3-7)20-5-11(23)19-29(20,26)27/h2-4,13,18,22H,5H2,1H3,(H,19,23). The summed E-state index contributed by atoms with van der Waals surface area (Å²) in [5.74, 6) is -3.30. The second-order valence-electron chi connectivity index (χ2n) is 5.78. The largest absolute Gasteiger partial charge is 0.506 e. The van der Waals surface area contributed by atoms with E-state index in [0.29, 0.717) is 18.3 Å². The molecule has 3 N–H and O–H groups in total. The predicted octanol–water partition coefficient (Wildman–Crippen LogP) is 0.413. The number of hydrogen-bond donors (Lipinski definition) is 3. The molecule has 1 fully saturated rings. The molecule has 0 unspecified atom stereocenters. The summed E-state index contributed by atoms with van der Waals surface area (Å²) >= 11 is 0. The van der Waals surface area contributed by atoms with E-state index in [9.17, 15) is 39.9 Å². The Kier molecular flexibility index (Phi) is 4.86. The van der Waals surface area contributed by atoms with Crippen molar-refractivity contribution in [3.8, 4) is 5.75 Å². The number of nitrogens with one attached hydrogen (secondary N) is 2. The number of benzene rings is 1. The molecule has 2 aromatic rings. The molecule has 29 heavy (non-hydrogen) atoms. The van der Waals surface area contributed by atoms with Gasteiger partial charge in [-0.05, 0) is 6.92 Å². The van der Waals surface area contributed by atoms with E-state index < -0.39 is 67.1 Å². The molecule has 0 atom stereocenters. The maximum absolute atomic E-state index is 14.4. The van der Waals surface area contributed by atoms with Gasteiger partial charge in [-0.3, -0.25) is 9.52 Å². The topological polar surface area (TPSA) is 151 Å². The SMILES string of the molecule is Cc1c(S(=O)(=O)Nc2cc(O)c(N3CC(=O)NS3(=O)=O)c(F)c2)cnn1C(F)F. The van der Waals surface area contributed by atoms with Crippen LogP contribution in [0.5, 0.6) is 5.75 Å². The van der Waals surface area contributed by atoms with Crippen LogP contribution in [0.2, 0.25) is 0 Å². The Morgan fingerprint density at radius 3 is 2.48 bits per heavy atom. The molecule has 0 saturated carbocycles. The minimum absolute atomic E-state index is 0.165. The lowest BCUT2D eigenvalue weighted by molar-refractivity contribution is -0.117. The fraction of sp³-hybridized carbons (Fsp3) is 0.231. The number of phenols is 1. The molecular formula is C13H12F3N5O6S2. The molecule has 158 valence electrons. The number of halogens is 3. The third-order valence-corrected chi connectivity index (χ3v) is 6.70. The fourth-order valence-corrected chi connectivity index (χ4v) is 4.99. The van der Waals surface area contributed by atoms with E-state index >= 15 is 0 Å². The molecular weight excluding hydrogens is 443 g/mol. The van der Waals surface area contributed by atoms with E-state index in [1.165, 1.54) is 0 Å². The lowest BCUT2D eigenvalue weighted by Gasteiger charge is -2.18. The van der Waals surface area contributed by atoms with Crippen LogP contribution in [-0.4, -0.2) is 44.2 Å². The molecule has 1 amide bonds. The molecule has 1 aromatic carbocycles. The van der Waals surface area contributed by atoms with Crippen LogP contribution in [0, 0.1) is 12.7 Å². The van der Waals surface area contributed by atoms with Crippen molar-refractivity contribution in [1.29, 1.82) is 0 Å². The Bertz CT molecular complexity index is 1190. The van der Waals surface area contributed by atoms with E-state index in [2.05, 4.69) is 5.10 Å². The van der Waals surface area contributed by atoms with Crippen molar-refractivity contribution in [3.05, 3.63) is 29.8 Å². The molecule has 0 spiro atoms. The number of phenolic OH excluding ortho intramolecular Hbond substituents is 1. The average Bonchev–Trinajstić information content (AvgIpc) is 3.06. The average molecular weight is 455 g/mol. The number of amides is 1. The molecule has 0 radical (unpaired) electrons. The summed E-state index contributed by atoms with van der Waals surface area (Å²) < 4.78 is 92.3. The molecule has 1 aromatic heterocycles. The smallest absolute Gasteiger partial charge is 0.333 e. The number of anilines is 2. The van der Waals surface area contributed by atoms with Gasteiger partial charge in [0.1, 0.15) is 22.9 Å². The highest BCUT2D eigenvalue weighted by Crippen LogP contribution is 2.36. The van der Waals surface area contributed by atoms with Gasteiger partial charge in [0.05, 0.1) is 17.6 Å². The minimum atomic E-state index is -4.50. The number of nitrogens with zero attached hydrogens (tertiary/aromatic N) is 3. The van der Waals surface area contributed by atoms with Crippen LogP contribution < -0.4 is 13.7 Å². The van der Waals surface area contributed by atoms with Crippen LogP contribution in [-0.2, 0) is 25.0 Å². The van der Waals surface area contributed by atoms with Gasteiger partial charge < -0.3 is 5.11 Å². The van der Waals surface area contributed by atoms with Crippen molar-refractivity contribution >= 4 is 37.5 Å². The molecule has 1 aliphatic heterocycles. The van der Waals surface area contributed by atoms with Crippen LogP contribution in [0.3, 0.4) is 0 Å². The Morgan fingerprint density at radius 1 is 1.34 bits per heavy atom. The Labute approximate surface area is 162 Å². The number of rotatable bonds is 5. The lowest BCUT2D eigenvalue weighted by atomic mass is 10.2. The Balaban J connectivity index is 1.97. The molecule has 1 aliphatic rings. The van der Waals surface area contributed by atoms with Crippen LogP contribution >= 0.6 is 0 Å². The molecule has 1 saturated heterocycles. The summed E-state index contributed by atoms with van der Waals surface area (Å²) in [6.07, 6.45) is 0.669. The van der Waals surface area contributed by atoms with Crippen molar-refractivity contribution in [2.24, 2.45) is 0 Å². The van der Waals surface area contributed by atoms with Gasteiger partial charge in [-0.25, -0.2) is 26.5 Å². The summed E-state index contributed by atoms with van der Waals surface area (Å²) in [4.78, 5) is 10.7. The lowest BCUT2D eigenvalue weighted by Crippen LogP contribution is -2.30. The Hall–Kier alpha value is -3.01. The molecule has 2 heterocycles. The summed E-state index contributed by atoms with van der Waals surface area (Å²) in [5, 5.41) is 13.3. The highest BCUT2D eigenvalue weighted by Gasteiger charge is 2.37. The van der Waals surface area contributed by atoms with Gasteiger partial charge in [0, 0.05) is 12.1 Å². The molecule has 11 nitrogen and oxygen atoms in total. The van der Waals surface area contributed by atoms with Gasteiger partial charge in [-0.1, -0.05) is 0 Å². The number of aromatic nitrogens is 2. The normalized spacial score (nSPS) is 16.3. The molecule has 0 bridgehead atoms. The third-order valence-electron chi connectivity index (χ3n) is 3.84. The number of carbonyl (C=O) groups excluding carboxylic acids is 1. The van der Waals surface area contributed by atoms with E-state index in [1.54, 1.807) is 4.72 Å². The first-order chi connectivity index (χ1) is 13.3. The van der Waals surface area contributed by atoms with E-state index in [0.717, 1.165) is 6.92 Å². The maximum Gasteiger partial charge on any atom is 0.333 e. The van der Waals surface area contributed by atoms with Crippen molar-refractivity contribution in [2.75, 3.05) is 15.6 Å². The van der Waals surface area contributed by atoms with E-state index in [-0.39, 0.29) is 14.7 Å². The Morgan fingerprint density at radius 2 is 2.00 bits per heavy atom. The molecule has 16 heteroatoms. The van der Waals surface area contributed by atoms with Crippen LogP contribution in [0.15, 0.2) is 23.2 Å². The van der Waals surface area contributed by atoms with Gasteiger partial charge in [0.25, 0.3) is 15.9 Å². The summed E-state index contributed by atoms with van der Waals surface area (Å²) in [6.45, 7) is -2.79. The first kappa shape index (κ1) is 20.7. The van der Waals surface area contributed by atoms with Crippen molar-refractivity contribution in [1.82, 2.24) is 14.5 Å². The highest BCUT2D eigenvalue weighted by molar-refractivity contribution is 7.92. The first-order valence-electron chi connectivity index (χ1n) is 7.54. The number of alkyl halides is 2. The van der Waals surface area contributed by atoms with Crippen molar-refractivity contribution < 1.29 is 39.9 Å². The minimum Gasteiger partial charge on any atom is -0.506 e. The second kappa shape index (κ2) is 6.80. The van der Waals surface area contributed by atoms with Gasteiger partial charge in [0.2, 0.25) is 0 Å². The third kappa shape index (κ3) is 3.67. The zero-order valence-corrected chi connectivity index (χ0v) is 15.9. The fourth-order valence-electron chi connectivity index (χ4n) is 2.61. The van der Waals surface area contributed by atoms with Crippen LogP contribution in [0.25, 0.3) is 0 Å². The quantitative estimate of drug-likeness (QED) is 0.591. The maximum atomic E-state index is 14.4. The predicted molar refractivity (Wildman–Crippen MR) is 91.5 cm³/mol. The first-order valence-corrected chi connectivity index (χ1v) is 10.5. The zero-order valence-electron chi connectivity index (χ0n) is 14.3. The van der Waals surface area contributed by atoms with Gasteiger partial charge in [-0.2, -0.15) is 22.3 Å². The summed E-state index contributed by atoms with van der Waals surface area (Å²) in [5.41, 5.74) is -1.78. The van der Waals surface area contributed by atoms with Gasteiger partial charge in [-0.15, -0.1) is 0 Å². The van der Waals surface area contributed by atoms with Crippen LogP contribution in [0.1, 0.15) is 12.2 Å². The van der Waals surface area contributed by atoms with Crippen molar-refractivity contribution in [2.45, 2.75) is 18.4 Å². The van der Waals surface area contributed by atoms with Crippen molar-refractivity contribution in [3.63, 3.8) is 0 Å².